The number of halogens is 4. The van der Waals surface area contributed by atoms with Gasteiger partial charge in [0.15, 0.2) is 5.16 Å². The van der Waals surface area contributed by atoms with E-state index >= 15 is 0 Å². The Labute approximate surface area is 133 Å². The summed E-state index contributed by atoms with van der Waals surface area (Å²) >= 11 is 7.12. The second-order valence-corrected chi connectivity index (χ2v) is 5.23. The standard InChI is InChI=1S/C13H9ClF3N3OS/c1-22-12-18-6-9(10(14)20-12)11(21)19-8-4-2-3-7(5-8)13(15,16)17/h2-6H,1H3,(H,19,21). The van der Waals surface area contributed by atoms with E-state index in [0.717, 1.165) is 12.1 Å². The molecule has 0 unspecified atom stereocenters. The van der Waals surface area contributed by atoms with Gasteiger partial charge in [-0.25, -0.2) is 9.97 Å². The van der Waals surface area contributed by atoms with Crippen LogP contribution < -0.4 is 5.32 Å². The number of anilines is 1. The van der Waals surface area contributed by atoms with E-state index in [1.54, 1.807) is 6.26 Å². The third kappa shape index (κ3) is 3.89. The predicted molar refractivity (Wildman–Crippen MR) is 78.2 cm³/mol. The molecule has 1 aromatic carbocycles. The van der Waals surface area contributed by atoms with Gasteiger partial charge in [0.25, 0.3) is 5.91 Å². The zero-order valence-electron chi connectivity index (χ0n) is 11.1. The van der Waals surface area contributed by atoms with Crippen molar-refractivity contribution in [2.24, 2.45) is 0 Å². The molecule has 1 N–H and O–H groups in total. The van der Waals surface area contributed by atoms with Gasteiger partial charge in [-0.15, -0.1) is 0 Å². The number of nitrogens with one attached hydrogen (secondary N) is 1. The van der Waals surface area contributed by atoms with Gasteiger partial charge < -0.3 is 5.32 Å². The maximum Gasteiger partial charge on any atom is 0.416 e. The van der Waals surface area contributed by atoms with Gasteiger partial charge in [-0.3, -0.25) is 4.79 Å². The van der Waals surface area contributed by atoms with Crippen LogP contribution in [-0.4, -0.2) is 22.1 Å². The number of carbonyl (C=O) groups is 1. The zero-order valence-corrected chi connectivity index (χ0v) is 12.7. The molecule has 0 radical (unpaired) electrons. The molecule has 1 aromatic heterocycles. The second kappa shape index (κ2) is 6.53. The number of aromatic nitrogens is 2. The molecule has 0 spiro atoms. The average Bonchev–Trinajstić information content (AvgIpc) is 2.46. The fourth-order valence-electron chi connectivity index (χ4n) is 1.57. The quantitative estimate of drug-likeness (QED) is 0.515. The summed E-state index contributed by atoms with van der Waals surface area (Å²) in [6, 6.07) is 4.30. The van der Waals surface area contributed by atoms with Crippen LogP contribution in [0.3, 0.4) is 0 Å². The highest BCUT2D eigenvalue weighted by Gasteiger charge is 2.30. The molecule has 9 heteroatoms. The number of rotatable bonds is 3. The molecular weight excluding hydrogens is 339 g/mol. The van der Waals surface area contributed by atoms with Gasteiger partial charge in [0.1, 0.15) is 5.15 Å². The van der Waals surface area contributed by atoms with E-state index in [9.17, 15) is 18.0 Å². The number of nitrogens with zero attached hydrogens (tertiary/aromatic N) is 2. The molecular formula is C13H9ClF3N3OS. The van der Waals surface area contributed by atoms with Gasteiger partial charge in [-0.05, 0) is 24.5 Å². The van der Waals surface area contributed by atoms with E-state index in [4.69, 9.17) is 11.6 Å². The van der Waals surface area contributed by atoms with Crippen molar-refractivity contribution in [2.45, 2.75) is 11.3 Å². The molecule has 0 aliphatic rings. The maximum absolute atomic E-state index is 12.6. The van der Waals surface area contributed by atoms with Gasteiger partial charge in [0.05, 0.1) is 11.1 Å². The first-order valence-corrected chi connectivity index (χ1v) is 7.46. The van der Waals surface area contributed by atoms with Crippen molar-refractivity contribution in [3.63, 3.8) is 0 Å². The van der Waals surface area contributed by atoms with Gasteiger partial charge >= 0.3 is 6.18 Å². The second-order valence-electron chi connectivity index (χ2n) is 4.09. The Morgan fingerprint density at radius 3 is 2.68 bits per heavy atom. The van der Waals surface area contributed by atoms with Crippen LogP contribution >= 0.6 is 23.4 Å². The molecule has 0 fully saturated rings. The molecule has 0 aliphatic carbocycles. The highest BCUT2D eigenvalue weighted by molar-refractivity contribution is 7.98. The molecule has 1 heterocycles. The van der Waals surface area contributed by atoms with Gasteiger partial charge in [-0.1, -0.05) is 29.4 Å². The number of thioether (sulfide) groups is 1. The van der Waals surface area contributed by atoms with Gasteiger partial charge in [0, 0.05) is 11.9 Å². The summed E-state index contributed by atoms with van der Waals surface area (Å²) in [4.78, 5) is 19.8. The topological polar surface area (TPSA) is 54.9 Å². The number of hydrogen-bond acceptors (Lipinski definition) is 4. The molecule has 0 bridgehead atoms. The van der Waals surface area contributed by atoms with E-state index in [-0.39, 0.29) is 16.4 Å². The van der Waals surface area contributed by atoms with Crippen molar-refractivity contribution in [3.8, 4) is 0 Å². The molecule has 22 heavy (non-hydrogen) atoms. The lowest BCUT2D eigenvalue weighted by molar-refractivity contribution is -0.137. The Balaban J connectivity index is 2.22. The molecule has 2 aromatic rings. The first kappa shape index (κ1) is 16.6. The molecule has 0 aliphatic heterocycles. The maximum atomic E-state index is 12.6. The van der Waals surface area contributed by atoms with Crippen molar-refractivity contribution in [2.75, 3.05) is 11.6 Å². The Morgan fingerprint density at radius 2 is 2.09 bits per heavy atom. The lowest BCUT2D eigenvalue weighted by Crippen LogP contribution is -2.14. The van der Waals surface area contributed by atoms with Crippen LogP contribution in [0.1, 0.15) is 15.9 Å². The summed E-state index contributed by atoms with van der Waals surface area (Å²) < 4.78 is 37.9. The number of hydrogen-bond donors (Lipinski definition) is 1. The third-order valence-corrected chi connectivity index (χ3v) is 3.45. The van der Waals surface area contributed by atoms with E-state index in [0.29, 0.717) is 5.16 Å². The minimum atomic E-state index is -4.48. The van der Waals surface area contributed by atoms with Crippen molar-refractivity contribution in [3.05, 3.63) is 46.7 Å². The Morgan fingerprint density at radius 1 is 1.36 bits per heavy atom. The van der Waals surface area contributed by atoms with Crippen LogP contribution in [0.4, 0.5) is 18.9 Å². The zero-order chi connectivity index (χ0) is 16.3. The fourth-order valence-corrected chi connectivity index (χ4v) is 2.17. The van der Waals surface area contributed by atoms with Crippen LogP contribution in [0.5, 0.6) is 0 Å². The highest BCUT2D eigenvalue weighted by atomic mass is 35.5. The van der Waals surface area contributed by atoms with Crippen LogP contribution in [0.25, 0.3) is 0 Å². The first-order valence-electron chi connectivity index (χ1n) is 5.86. The third-order valence-electron chi connectivity index (χ3n) is 2.60. The minimum absolute atomic E-state index is 0.00448. The van der Waals surface area contributed by atoms with E-state index in [1.807, 2.05) is 0 Å². The van der Waals surface area contributed by atoms with Crippen LogP contribution in [0.2, 0.25) is 5.15 Å². The van der Waals surface area contributed by atoms with E-state index < -0.39 is 17.6 Å². The Bertz CT molecular complexity index is 709. The fraction of sp³-hybridized carbons (Fsp3) is 0.154. The van der Waals surface area contributed by atoms with E-state index in [1.165, 1.54) is 30.1 Å². The van der Waals surface area contributed by atoms with E-state index in [2.05, 4.69) is 15.3 Å². The van der Waals surface area contributed by atoms with Gasteiger partial charge in [-0.2, -0.15) is 13.2 Å². The molecule has 116 valence electrons. The summed E-state index contributed by atoms with van der Waals surface area (Å²) in [5.41, 5.74) is -0.868. The smallest absolute Gasteiger partial charge is 0.322 e. The van der Waals surface area contributed by atoms with Crippen molar-refractivity contribution >= 4 is 35.0 Å². The Kier molecular flexibility index (Phi) is 4.92. The highest BCUT2D eigenvalue weighted by Crippen LogP contribution is 2.30. The van der Waals surface area contributed by atoms with Crippen molar-refractivity contribution < 1.29 is 18.0 Å². The number of alkyl halides is 3. The average molecular weight is 348 g/mol. The monoisotopic (exact) mass is 347 g/mol. The SMILES string of the molecule is CSc1ncc(C(=O)Nc2cccc(C(F)(F)F)c2)c(Cl)n1. The molecule has 0 atom stereocenters. The first-order chi connectivity index (χ1) is 10.3. The normalized spacial score (nSPS) is 11.3. The summed E-state index contributed by atoms with van der Waals surface area (Å²) in [7, 11) is 0. The predicted octanol–water partition coefficient (Wildman–Crippen LogP) is 4.12. The van der Waals surface area contributed by atoms with Gasteiger partial charge in [0.2, 0.25) is 0 Å². The lowest BCUT2D eigenvalue weighted by atomic mass is 10.2. The molecule has 2 rings (SSSR count). The molecule has 4 nitrogen and oxygen atoms in total. The summed E-state index contributed by atoms with van der Waals surface area (Å²) in [5.74, 6) is -0.683. The summed E-state index contributed by atoms with van der Waals surface area (Å²) in [6.45, 7) is 0. The largest absolute Gasteiger partial charge is 0.416 e. The summed E-state index contributed by atoms with van der Waals surface area (Å²) in [6.07, 6.45) is -1.51. The molecule has 1 amide bonds. The lowest BCUT2D eigenvalue weighted by Gasteiger charge is -2.10. The van der Waals surface area contributed by atoms with Crippen LogP contribution in [-0.2, 0) is 6.18 Å². The number of carbonyl (C=O) groups excluding carboxylic acids is 1. The molecule has 0 saturated carbocycles. The number of benzene rings is 1. The van der Waals surface area contributed by atoms with Crippen LogP contribution in [0, 0.1) is 0 Å². The Hall–Kier alpha value is -1.80. The van der Waals surface area contributed by atoms with Crippen molar-refractivity contribution in [1.82, 2.24) is 9.97 Å². The van der Waals surface area contributed by atoms with Crippen molar-refractivity contribution in [1.29, 1.82) is 0 Å². The minimum Gasteiger partial charge on any atom is -0.322 e. The molecule has 0 saturated heterocycles. The number of amides is 1. The summed E-state index contributed by atoms with van der Waals surface area (Å²) in [5, 5.41) is 2.66. The van der Waals surface area contributed by atoms with Crippen LogP contribution in [0.15, 0.2) is 35.6 Å².